The predicted molar refractivity (Wildman–Crippen MR) is 183 cm³/mol. The number of aryl methyl sites for hydroxylation is 1. The molecule has 7 nitrogen and oxygen atoms in total. The molecule has 3 aromatic heterocycles. The molecule has 5 aromatic rings. The maximum atomic E-state index is 13.4. The second-order valence-electron chi connectivity index (χ2n) is 10.5. The van der Waals surface area contributed by atoms with Crippen molar-refractivity contribution in [3.63, 3.8) is 0 Å². The van der Waals surface area contributed by atoms with Crippen molar-refractivity contribution in [1.82, 2.24) is 4.98 Å². The van der Waals surface area contributed by atoms with Crippen LogP contribution in [0, 0.1) is 11.3 Å². The molecule has 0 aliphatic rings. The van der Waals surface area contributed by atoms with Gasteiger partial charge in [-0.15, -0.1) is 22.7 Å². The minimum atomic E-state index is -0.413. The van der Waals surface area contributed by atoms with Crippen molar-refractivity contribution in [2.24, 2.45) is 0 Å². The summed E-state index contributed by atoms with van der Waals surface area (Å²) in [6.45, 7) is 2.21. The number of nitrogen functional groups attached to an aromatic ring is 2. The fraction of sp³-hybridized carbons (Fsp3) is 0.200. The summed E-state index contributed by atoms with van der Waals surface area (Å²) in [5, 5.41) is 15.3. The summed E-state index contributed by atoms with van der Waals surface area (Å²) in [6.07, 6.45) is 10.4. The van der Waals surface area contributed by atoms with Crippen LogP contribution in [0.15, 0.2) is 72.1 Å². The lowest BCUT2D eigenvalue weighted by Gasteiger charge is -2.11. The number of pyridine rings is 1. The van der Waals surface area contributed by atoms with Crippen LogP contribution in [-0.2, 0) is 6.42 Å². The van der Waals surface area contributed by atoms with Gasteiger partial charge in [-0.2, -0.15) is 5.26 Å². The third-order valence-corrected chi connectivity index (χ3v) is 9.34. The van der Waals surface area contributed by atoms with E-state index in [2.05, 4.69) is 35.4 Å². The van der Waals surface area contributed by atoms with E-state index in [1.54, 1.807) is 41.7 Å². The topological polar surface area (TPSA) is 135 Å². The first-order valence-corrected chi connectivity index (χ1v) is 16.3. The number of allylic oxidation sites excluding steroid dienone is 1. The second-order valence-corrected chi connectivity index (χ2v) is 12.5. The van der Waals surface area contributed by atoms with E-state index in [-0.39, 0.29) is 27.7 Å². The number of nitriles is 1. The molecule has 9 heteroatoms. The van der Waals surface area contributed by atoms with Crippen LogP contribution in [-0.4, -0.2) is 16.7 Å². The van der Waals surface area contributed by atoms with Crippen LogP contribution < -0.4 is 16.8 Å². The van der Waals surface area contributed by atoms with Crippen molar-refractivity contribution in [3.05, 3.63) is 98.6 Å². The van der Waals surface area contributed by atoms with Gasteiger partial charge in [-0.3, -0.25) is 9.59 Å². The molecule has 222 valence electrons. The number of fused-ring (bicyclic) bond motifs is 1. The number of carbonyl (C=O) groups is 2. The molecule has 5 rings (SSSR count). The molecule has 0 aliphatic heterocycles. The van der Waals surface area contributed by atoms with Gasteiger partial charge in [-0.25, -0.2) is 4.98 Å². The van der Waals surface area contributed by atoms with Gasteiger partial charge in [0.1, 0.15) is 27.2 Å². The van der Waals surface area contributed by atoms with Crippen molar-refractivity contribution < 1.29 is 9.59 Å². The fourth-order valence-corrected chi connectivity index (χ4v) is 6.68. The minimum Gasteiger partial charge on any atom is -0.397 e. The number of nitrogens with zero attached hydrogens (tertiary/aromatic N) is 2. The lowest BCUT2D eigenvalue weighted by molar-refractivity contribution is 0.102. The summed E-state index contributed by atoms with van der Waals surface area (Å²) in [6, 6.07) is 20.8. The molecule has 5 N–H and O–H groups in total. The molecule has 3 heterocycles. The molecule has 0 radical (unpaired) electrons. The Morgan fingerprint density at radius 1 is 1.00 bits per heavy atom. The predicted octanol–water partition coefficient (Wildman–Crippen LogP) is 8.72. The summed E-state index contributed by atoms with van der Waals surface area (Å²) in [4.78, 5) is 32.1. The van der Waals surface area contributed by atoms with Crippen molar-refractivity contribution in [2.75, 3.05) is 16.8 Å². The van der Waals surface area contributed by atoms with E-state index in [1.165, 1.54) is 37.3 Å². The fourth-order valence-electron chi connectivity index (χ4n) is 5.06. The van der Waals surface area contributed by atoms with Crippen LogP contribution in [0.4, 0.5) is 17.2 Å². The van der Waals surface area contributed by atoms with Crippen LogP contribution in [0.25, 0.3) is 27.4 Å². The van der Waals surface area contributed by atoms with Gasteiger partial charge >= 0.3 is 0 Å². The molecule has 44 heavy (non-hydrogen) atoms. The number of hydrogen-bond donors (Lipinski definition) is 3. The standard InChI is InChI=1S/C35H33N5O2S2/c1-2-3-4-5-6-8-22-10-12-24(13-11-22)29-27(21-36)33(38)40-35-30(29)31(37)32(44-35)34(42)39-25-16-14-23(15-17-25)28(41)19-18-26-9-7-20-43-26/h7,9-20H,2-6,8,37H2,1H3,(H2,38,40)(H,39,42). The highest BCUT2D eigenvalue weighted by molar-refractivity contribution is 7.21. The number of ketones is 1. The minimum absolute atomic E-state index is 0.0941. The quantitative estimate of drug-likeness (QED) is 0.0726. The van der Waals surface area contributed by atoms with E-state index in [1.807, 2.05) is 29.6 Å². The average molecular weight is 620 g/mol. The van der Waals surface area contributed by atoms with Crippen LogP contribution in [0.2, 0.25) is 0 Å². The number of thiophene rings is 2. The van der Waals surface area contributed by atoms with Crippen molar-refractivity contribution >= 4 is 67.8 Å². The number of amides is 1. The third-order valence-electron chi connectivity index (χ3n) is 7.40. The summed E-state index contributed by atoms with van der Waals surface area (Å²) < 4.78 is 0. The molecule has 0 saturated heterocycles. The summed E-state index contributed by atoms with van der Waals surface area (Å²) in [5.74, 6) is -0.449. The summed E-state index contributed by atoms with van der Waals surface area (Å²) in [7, 11) is 0. The van der Waals surface area contributed by atoms with E-state index in [0.717, 1.165) is 34.6 Å². The Morgan fingerprint density at radius 2 is 1.75 bits per heavy atom. The van der Waals surface area contributed by atoms with Gasteiger partial charge in [-0.05, 0) is 71.8 Å². The van der Waals surface area contributed by atoms with E-state index < -0.39 is 5.91 Å². The van der Waals surface area contributed by atoms with Crippen LogP contribution >= 0.6 is 22.7 Å². The van der Waals surface area contributed by atoms with Gasteiger partial charge in [-0.1, -0.05) is 62.9 Å². The first-order valence-electron chi connectivity index (χ1n) is 14.6. The molecule has 0 spiro atoms. The molecule has 0 unspecified atom stereocenters. The van der Waals surface area contributed by atoms with E-state index in [0.29, 0.717) is 27.0 Å². The maximum Gasteiger partial charge on any atom is 0.267 e. The Bertz CT molecular complexity index is 1850. The van der Waals surface area contributed by atoms with Gasteiger partial charge in [0.05, 0.1) is 5.69 Å². The lowest BCUT2D eigenvalue weighted by atomic mass is 9.95. The summed E-state index contributed by atoms with van der Waals surface area (Å²) in [5.41, 5.74) is 16.9. The zero-order chi connectivity index (χ0) is 31.1. The van der Waals surface area contributed by atoms with Crippen molar-refractivity contribution in [3.8, 4) is 17.2 Å². The number of aromatic nitrogens is 1. The molecule has 0 atom stereocenters. The molecule has 2 aromatic carbocycles. The maximum absolute atomic E-state index is 13.4. The monoisotopic (exact) mass is 619 g/mol. The Balaban J connectivity index is 1.37. The van der Waals surface area contributed by atoms with E-state index >= 15 is 0 Å². The largest absolute Gasteiger partial charge is 0.397 e. The number of benzene rings is 2. The molecule has 0 bridgehead atoms. The Labute approximate surface area is 264 Å². The molecule has 1 amide bonds. The number of rotatable bonds is 12. The Morgan fingerprint density at radius 3 is 2.43 bits per heavy atom. The zero-order valence-electron chi connectivity index (χ0n) is 24.4. The van der Waals surface area contributed by atoms with Crippen LogP contribution in [0.3, 0.4) is 0 Å². The number of nitrogens with two attached hydrogens (primary N) is 2. The second kappa shape index (κ2) is 14.1. The number of anilines is 3. The Kier molecular flexibility index (Phi) is 9.85. The van der Waals surface area contributed by atoms with Gasteiger partial charge in [0.25, 0.3) is 5.91 Å². The third kappa shape index (κ3) is 6.88. The molecular formula is C35H33N5O2S2. The smallest absolute Gasteiger partial charge is 0.267 e. The average Bonchev–Trinajstić information content (AvgIpc) is 3.67. The molecular weight excluding hydrogens is 587 g/mol. The normalized spacial score (nSPS) is 11.2. The number of unbranched alkanes of at least 4 members (excludes halogenated alkanes) is 4. The molecule has 0 saturated carbocycles. The van der Waals surface area contributed by atoms with E-state index in [9.17, 15) is 14.9 Å². The lowest BCUT2D eigenvalue weighted by Crippen LogP contribution is -2.12. The number of carbonyl (C=O) groups excluding carboxylic acids is 2. The van der Waals surface area contributed by atoms with Gasteiger partial charge < -0.3 is 16.8 Å². The molecule has 0 fully saturated rings. The first kappa shape index (κ1) is 30.7. The van der Waals surface area contributed by atoms with E-state index in [4.69, 9.17) is 11.5 Å². The highest BCUT2D eigenvalue weighted by atomic mass is 32.1. The van der Waals surface area contributed by atoms with Gasteiger partial charge in [0, 0.05) is 27.1 Å². The highest BCUT2D eigenvalue weighted by Gasteiger charge is 2.24. The van der Waals surface area contributed by atoms with Gasteiger partial charge in [0.2, 0.25) is 0 Å². The number of hydrogen-bond acceptors (Lipinski definition) is 8. The SMILES string of the molecule is CCCCCCCc1ccc(-c2c(C#N)c(N)nc3sc(C(=O)Nc4ccc(C(=O)C=Cc5cccs5)cc4)c(N)c23)cc1. The molecule has 0 aliphatic carbocycles. The Hall–Kier alpha value is -4.78. The first-order chi connectivity index (χ1) is 21.4. The summed E-state index contributed by atoms with van der Waals surface area (Å²) >= 11 is 2.68. The van der Waals surface area contributed by atoms with Crippen LogP contribution in [0.5, 0.6) is 0 Å². The van der Waals surface area contributed by atoms with Crippen molar-refractivity contribution in [2.45, 2.75) is 45.4 Å². The number of nitrogens with one attached hydrogen (secondary N) is 1. The van der Waals surface area contributed by atoms with Crippen molar-refractivity contribution in [1.29, 1.82) is 5.26 Å². The highest BCUT2D eigenvalue weighted by Crippen LogP contribution is 2.43. The zero-order valence-corrected chi connectivity index (χ0v) is 26.1. The van der Waals surface area contributed by atoms with Crippen LogP contribution in [0.1, 0.15) is 75.1 Å². The van der Waals surface area contributed by atoms with Gasteiger partial charge in [0.15, 0.2) is 5.78 Å².